The summed E-state index contributed by atoms with van der Waals surface area (Å²) < 4.78 is 5.73. The molecular weight excluding hydrogens is 427 g/mol. The number of hydrogen-bond donors (Lipinski definition) is 3. The topological polar surface area (TPSA) is 92.4 Å². The molecule has 0 aliphatic rings. The van der Waals surface area contributed by atoms with E-state index in [1.165, 1.54) is 19.3 Å². The largest absolute Gasteiger partial charge is 0.457 e. The predicted octanol–water partition coefficient (Wildman–Crippen LogP) is 5.49. The number of pyridine rings is 1. The minimum Gasteiger partial charge on any atom is -0.457 e. The van der Waals surface area contributed by atoms with Gasteiger partial charge >= 0.3 is 6.03 Å². The minimum absolute atomic E-state index is 0.230. The highest BCUT2D eigenvalue weighted by molar-refractivity contribution is 6.34. The Bertz CT molecular complexity index is 1110. The van der Waals surface area contributed by atoms with Gasteiger partial charge in [0.15, 0.2) is 0 Å². The molecule has 0 bridgehead atoms. The van der Waals surface area contributed by atoms with Gasteiger partial charge in [-0.3, -0.25) is 9.78 Å². The van der Waals surface area contributed by atoms with Crippen LogP contribution in [0.25, 0.3) is 0 Å². The summed E-state index contributed by atoms with van der Waals surface area (Å²) in [6, 6.07) is 12.7. The number of aryl methyl sites for hydroxylation is 1. The van der Waals surface area contributed by atoms with Crippen molar-refractivity contribution in [1.82, 2.24) is 10.3 Å². The zero-order chi connectivity index (χ0) is 21.7. The first-order chi connectivity index (χ1) is 14.4. The number of carbonyl (C=O) groups excluding carboxylic acids is 2. The molecule has 9 heteroatoms. The summed E-state index contributed by atoms with van der Waals surface area (Å²) in [6.07, 6.45) is 1.47. The van der Waals surface area contributed by atoms with Crippen LogP contribution in [0.15, 0.2) is 54.7 Å². The molecule has 3 aromatic rings. The molecule has 7 nitrogen and oxygen atoms in total. The molecule has 3 rings (SSSR count). The number of amides is 3. The van der Waals surface area contributed by atoms with E-state index in [-0.39, 0.29) is 16.6 Å². The molecule has 154 valence electrons. The highest BCUT2D eigenvalue weighted by atomic mass is 35.5. The summed E-state index contributed by atoms with van der Waals surface area (Å²) in [5, 5.41) is 8.81. The van der Waals surface area contributed by atoms with Gasteiger partial charge < -0.3 is 20.7 Å². The highest BCUT2D eigenvalue weighted by Gasteiger charge is 2.10. The molecular formula is C21H18Cl2N4O3. The van der Waals surface area contributed by atoms with Crippen molar-refractivity contribution in [1.29, 1.82) is 0 Å². The quantitative estimate of drug-likeness (QED) is 0.484. The van der Waals surface area contributed by atoms with Crippen LogP contribution in [0.3, 0.4) is 0 Å². The fourth-order valence-electron chi connectivity index (χ4n) is 2.53. The lowest BCUT2D eigenvalue weighted by molar-refractivity contribution is 0.0958. The first-order valence-electron chi connectivity index (χ1n) is 8.85. The maximum absolute atomic E-state index is 12.2. The third-order valence-electron chi connectivity index (χ3n) is 4.03. The maximum Gasteiger partial charge on any atom is 0.323 e. The normalized spacial score (nSPS) is 10.3. The predicted molar refractivity (Wildman–Crippen MR) is 118 cm³/mol. The summed E-state index contributed by atoms with van der Waals surface area (Å²) >= 11 is 12.3. The summed E-state index contributed by atoms with van der Waals surface area (Å²) in [4.78, 5) is 27.9. The molecule has 0 aliphatic heterocycles. The maximum atomic E-state index is 12.2. The van der Waals surface area contributed by atoms with Crippen LogP contribution in [-0.2, 0) is 0 Å². The number of aromatic nitrogens is 1. The van der Waals surface area contributed by atoms with Crippen molar-refractivity contribution >= 4 is 46.5 Å². The van der Waals surface area contributed by atoms with Crippen molar-refractivity contribution in [3.63, 3.8) is 0 Å². The number of urea groups is 1. The van der Waals surface area contributed by atoms with Crippen molar-refractivity contribution in [2.75, 3.05) is 17.7 Å². The highest BCUT2D eigenvalue weighted by Crippen LogP contribution is 2.30. The average molecular weight is 445 g/mol. The van der Waals surface area contributed by atoms with Gasteiger partial charge in [-0.2, -0.15) is 0 Å². The number of benzene rings is 2. The monoisotopic (exact) mass is 444 g/mol. The summed E-state index contributed by atoms with van der Waals surface area (Å²) in [5.74, 6) is 0.546. The minimum atomic E-state index is -0.448. The lowest BCUT2D eigenvalue weighted by Gasteiger charge is -2.12. The van der Waals surface area contributed by atoms with Crippen molar-refractivity contribution in [3.8, 4) is 11.5 Å². The third kappa shape index (κ3) is 5.40. The number of nitrogens with one attached hydrogen (secondary N) is 3. The Morgan fingerprint density at radius 1 is 0.933 bits per heavy atom. The molecule has 1 aromatic heterocycles. The van der Waals surface area contributed by atoms with Gasteiger partial charge in [-0.15, -0.1) is 0 Å². The van der Waals surface area contributed by atoms with Gasteiger partial charge in [-0.05, 0) is 48.9 Å². The van der Waals surface area contributed by atoms with Crippen LogP contribution in [0.4, 0.5) is 16.2 Å². The van der Waals surface area contributed by atoms with Crippen LogP contribution in [0.2, 0.25) is 10.0 Å². The number of anilines is 2. The molecule has 0 saturated heterocycles. The zero-order valence-corrected chi connectivity index (χ0v) is 17.6. The summed E-state index contributed by atoms with van der Waals surface area (Å²) in [5.41, 5.74) is 2.10. The second-order valence-corrected chi connectivity index (χ2v) is 7.06. The Hall–Kier alpha value is -3.29. The fourth-order valence-corrected chi connectivity index (χ4v) is 2.87. The van der Waals surface area contributed by atoms with Gasteiger partial charge in [0.1, 0.15) is 17.2 Å². The smallest absolute Gasteiger partial charge is 0.323 e. The number of halogens is 2. The number of hydrogen-bond acceptors (Lipinski definition) is 4. The fraction of sp³-hybridized carbons (Fsp3) is 0.0952. The molecule has 0 radical (unpaired) electrons. The van der Waals surface area contributed by atoms with Gasteiger partial charge in [-0.25, -0.2) is 4.79 Å². The molecule has 0 atom stereocenters. The Morgan fingerprint density at radius 3 is 2.40 bits per heavy atom. The van der Waals surface area contributed by atoms with Crippen molar-refractivity contribution < 1.29 is 14.3 Å². The van der Waals surface area contributed by atoms with E-state index in [2.05, 4.69) is 20.9 Å². The molecule has 0 unspecified atom stereocenters. The number of ether oxygens (including phenoxy) is 1. The van der Waals surface area contributed by atoms with E-state index in [1.807, 2.05) is 6.92 Å². The standard InChI is InChI=1S/C21H18Cl2N4O3/c1-12-9-13(3-5-16(12)22)26-21(29)27-18-6-4-14(10-17(18)23)30-15-7-8-25-19(11-15)20(28)24-2/h3-11H,1-2H3,(H,24,28)(H2,26,27,29). The van der Waals surface area contributed by atoms with Crippen molar-refractivity contribution in [2.24, 2.45) is 0 Å². The lowest BCUT2D eigenvalue weighted by Crippen LogP contribution is -2.19. The van der Waals surface area contributed by atoms with E-state index in [9.17, 15) is 9.59 Å². The molecule has 1 heterocycles. The molecule has 0 saturated carbocycles. The van der Waals surface area contributed by atoms with Crippen molar-refractivity contribution in [2.45, 2.75) is 6.92 Å². The van der Waals surface area contributed by atoms with Gasteiger partial charge in [-0.1, -0.05) is 23.2 Å². The number of rotatable bonds is 5. The summed E-state index contributed by atoms with van der Waals surface area (Å²) in [7, 11) is 1.52. The van der Waals surface area contributed by atoms with Crippen LogP contribution >= 0.6 is 23.2 Å². The lowest BCUT2D eigenvalue weighted by atomic mass is 10.2. The summed E-state index contributed by atoms with van der Waals surface area (Å²) in [6.45, 7) is 1.85. The first-order valence-corrected chi connectivity index (χ1v) is 9.61. The molecule has 30 heavy (non-hydrogen) atoms. The average Bonchev–Trinajstić information content (AvgIpc) is 2.72. The SMILES string of the molecule is CNC(=O)c1cc(Oc2ccc(NC(=O)Nc3ccc(Cl)c(C)c3)c(Cl)c2)ccn1. The van der Waals surface area contributed by atoms with Crippen LogP contribution < -0.4 is 20.7 Å². The first kappa shape index (κ1) is 21.4. The van der Waals surface area contributed by atoms with E-state index in [1.54, 1.807) is 42.5 Å². The Kier molecular flexibility index (Phi) is 6.76. The van der Waals surface area contributed by atoms with E-state index < -0.39 is 6.03 Å². The van der Waals surface area contributed by atoms with Crippen LogP contribution in [-0.4, -0.2) is 24.0 Å². The van der Waals surface area contributed by atoms with E-state index in [4.69, 9.17) is 27.9 Å². The molecule has 3 amide bonds. The van der Waals surface area contributed by atoms with Gasteiger partial charge in [0.05, 0.1) is 10.7 Å². The van der Waals surface area contributed by atoms with E-state index in [0.717, 1.165) is 5.56 Å². The Labute approximate surface area is 183 Å². The molecule has 2 aromatic carbocycles. The van der Waals surface area contributed by atoms with E-state index >= 15 is 0 Å². The third-order valence-corrected chi connectivity index (χ3v) is 4.77. The number of carbonyl (C=O) groups is 2. The van der Waals surface area contributed by atoms with Gasteiger partial charge in [0, 0.05) is 36.1 Å². The molecule has 0 aliphatic carbocycles. The molecule has 3 N–H and O–H groups in total. The second-order valence-electron chi connectivity index (χ2n) is 6.24. The second kappa shape index (κ2) is 9.47. The van der Waals surface area contributed by atoms with Crippen molar-refractivity contribution in [3.05, 3.63) is 76.0 Å². The van der Waals surface area contributed by atoms with Crippen LogP contribution in [0.5, 0.6) is 11.5 Å². The van der Waals surface area contributed by atoms with Crippen LogP contribution in [0.1, 0.15) is 16.1 Å². The van der Waals surface area contributed by atoms with Gasteiger partial charge in [0.25, 0.3) is 5.91 Å². The Morgan fingerprint density at radius 2 is 1.70 bits per heavy atom. The van der Waals surface area contributed by atoms with E-state index in [0.29, 0.717) is 27.9 Å². The molecule has 0 fully saturated rings. The number of nitrogens with zero attached hydrogens (tertiary/aromatic N) is 1. The van der Waals surface area contributed by atoms with Crippen LogP contribution in [0, 0.1) is 6.92 Å². The molecule has 0 spiro atoms. The van der Waals surface area contributed by atoms with Gasteiger partial charge in [0.2, 0.25) is 0 Å². The zero-order valence-electron chi connectivity index (χ0n) is 16.1. The Balaban J connectivity index is 1.67.